The van der Waals surface area contributed by atoms with Gasteiger partial charge in [-0.2, -0.15) is 0 Å². The predicted octanol–water partition coefficient (Wildman–Crippen LogP) is 1.44. The van der Waals surface area contributed by atoms with Gasteiger partial charge in [-0.25, -0.2) is 0 Å². The zero-order chi connectivity index (χ0) is 12.5. The molecule has 2 aliphatic heterocycles. The second kappa shape index (κ2) is 4.61. The standard InChI is InChI=1S/C14H18N2O2/c1-10-9-18-7-6-16(10)14(17)12-8-15-13-5-3-2-4-11(12)13/h2-5,10,12,15H,6-9H2,1H3/t10-,12?/m1/s1. The number of carbonyl (C=O) groups excluding carboxylic acids is 1. The Labute approximate surface area is 107 Å². The Bertz CT molecular complexity index is 461. The van der Waals surface area contributed by atoms with E-state index in [4.69, 9.17) is 4.74 Å². The highest BCUT2D eigenvalue weighted by Gasteiger charge is 2.34. The Morgan fingerprint density at radius 1 is 1.44 bits per heavy atom. The molecule has 1 aromatic carbocycles. The summed E-state index contributed by atoms with van der Waals surface area (Å²) < 4.78 is 5.38. The number of benzene rings is 1. The summed E-state index contributed by atoms with van der Waals surface area (Å²) in [6.45, 7) is 4.76. The van der Waals surface area contributed by atoms with Gasteiger partial charge in [-0.1, -0.05) is 18.2 Å². The topological polar surface area (TPSA) is 41.6 Å². The van der Waals surface area contributed by atoms with Gasteiger partial charge in [-0.15, -0.1) is 0 Å². The molecule has 4 nitrogen and oxygen atoms in total. The Hall–Kier alpha value is -1.55. The molecule has 0 radical (unpaired) electrons. The van der Waals surface area contributed by atoms with E-state index in [-0.39, 0.29) is 17.9 Å². The van der Waals surface area contributed by atoms with E-state index in [0.717, 1.165) is 11.3 Å². The fraction of sp³-hybridized carbons (Fsp3) is 0.500. The smallest absolute Gasteiger partial charge is 0.232 e. The number of ether oxygens (including phenoxy) is 1. The number of carbonyl (C=O) groups is 1. The van der Waals surface area contributed by atoms with Gasteiger partial charge < -0.3 is 15.0 Å². The summed E-state index contributed by atoms with van der Waals surface area (Å²) in [6.07, 6.45) is 0. The van der Waals surface area contributed by atoms with Gasteiger partial charge >= 0.3 is 0 Å². The molecular formula is C14H18N2O2. The number of hydrogen-bond acceptors (Lipinski definition) is 3. The molecule has 0 spiro atoms. The maximum Gasteiger partial charge on any atom is 0.232 e. The molecule has 96 valence electrons. The van der Waals surface area contributed by atoms with Crippen molar-refractivity contribution in [3.05, 3.63) is 29.8 Å². The quantitative estimate of drug-likeness (QED) is 0.815. The van der Waals surface area contributed by atoms with E-state index in [1.54, 1.807) is 0 Å². The number of fused-ring (bicyclic) bond motifs is 1. The van der Waals surface area contributed by atoms with E-state index in [1.165, 1.54) is 0 Å². The first-order chi connectivity index (χ1) is 8.77. The van der Waals surface area contributed by atoms with E-state index in [1.807, 2.05) is 36.1 Å². The summed E-state index contributed by atoms with van der Waals surface area (Å²) >= 11 is 0. The van der Waals surface area contributed by atoms with Crippen LogP contribution in [-0.2, 0) is 9.53 Å². The van der Waals surface area contributed by atoms with Crippen molar-refractivity contribution in [2.45, 2.75) is 18.9 Å². The zero-order valence-corrected chi connectivity index (χ0v) is 10.6. The fourth-order valence-electron chi connectivity index (χ4n) is 2.76. The van der Waals surface area contributed by atoms with Gasteiger partial charge in [0.15, 0.2) is 0 Å². The van der Waals surface area contributed by atoms with Gasteiger partial charge in [-0.3, -0.25) is 4.79 Å². The lowest BCUT2D eigenvalue weighted by Crippen LogP contribution is -2.49. The van der Waals surface area contributed by atoms with Gasteiger partial charge in [0.05, 0.1) is 25.2 Å². The lowest BCUT2D eigenvalue weighted by molar-refractivity contribution is -0.140. The highest BCUT2D eigenvalue weighted by atomic mass is 16.5. The third-order valence-electron chi connectivity index (χ3n) is 3.78. The second-order valence-electron chi connectivity index (χ2n) is 4.98. The molecule has 4 heteroatoms. The Kier molecular flexibility index (Phi) is 2.96. The van der Waals surface area contributed by atoms with Crippen LogP contribution in [0.1, 0.15) is 18.4 Å². The van der Waals surface area contributed by atoms with E-state index in [9.17, 15) is 4.79 Å². The molecule has 0 saturated carbocycles. The average molecular weight is 246 g/mol. The van der Waals surface area contributed by atoms with Crippen molar-refractivity contribution in [2.75, 3.05) is 31.6 Å². The minimum absolute atomic E-state index is 0.0400. The molecule has 1 fully saturated rings. The lowest BCUT2D eigenvalue weighted by Gasteiger charge is -2.35. The van der Waals surface area contributed by atoms with Crippen LogP contribution in [0.4, 0.5) is 5.69 Å². The minimum Gasteiger partial charge on any atom is -0.384 e. The molecular weight excluding hydrogens is 228 g/mol. The molecule has 18 heavy (non-hydrogen) atoms. The molecule has 0 bridgehead atoms. The Morgan fingerprint density at radius 3 is 3.11 bits per heavy atom. The van der Waals surface area contributed by atoms with Crippen LogP contribution >= 0.6 is 0 Å². The van der Waals surface area contributed by atoms with Crippen LogP contribution < -0.4 is 5.32 Å². The summed E-state index contributed by atoms with van der Waals surface area (Å²) in [6, 6.07) is 8.25. The molecule has 1 aromatic rings. The molecule has 3 rings (SSSR count). The van der Waals surface area contributed by atoms with Crippen molar-refractivity contribution < 1.29 is 9.53 Å². The average Bonchev–Trinajstić information content (AvgIpc) is 2.82. The predicted molar refractivity (Wildman–Crippen MR) is 69.7 cm³/mol. The number of morpholine rings is 1. The first-order valence-corrected chi connectivity index (χ1v) is 6.48. The van der Waals surface area contributed by atoms with Gasteiger partial charge in [0.2, 0.25) is 5.91 Å². The monoisotopic (exact) mass is 246 g/mol. The number of anilines is 1. The third-order valence-corrected chi connectivity index (χ3v) is 3.78. The van der Waals surface area contributed by atoms with E-state index < -0.39 is 0 Å². The maximum absolute atomic E-state index is 12.6. The van der Waals surface area contributed by atoms with Crippen LogP contribution in [0, 0.1) is 0 Å². The summed E-state index contributed by atoms with van der Waals surface area (Å²) in [7, 11) is 0. The number of amides is 1. The summed E-state index contributed by atoms with van der Waals surface area (Å²) in [5, 5.41) is 3.31. The van der Waals surface area contributed by atoms with Crippen molar-refractivity contribution in [3.8, 4) is 0 Å². The summed E-state index contributed by atoms with van der Waals surface area (Å²) in [4.78, 5) is 14.6. The highest BCUT2D eigenvalue weighted by molar-refractivity contribution is 5.88. The summed E-state index contributed by atoms with van der Waals surface area (Å²) in [5.74, 6) is 0.185. The number of hydrogen-bond donors (Lipinski definition) is 1. The Morgan fingerprint density at radius 2 is 2.28 bits per heavy atom. The van der Waals surface area contributed by atoms with Crippen LogP contribution in [0.5, 0.6) is 0 Å². The van der Waals surface area contributed by atoms with Gasteiger partial charge in [0.25, 0.3) is 0 Å². The number of rotatable bonds is 1. The van der Waals surface area contributed by atoms with E-state index in [2.05, 4.69) is 5.32 Å². The van der Waals surface area contributed by atoms with Gasteiger partial charge in [-0.05, 0) is 18.6 Å². The Balaban J connectivity index is 1.82. The number of nitrogens with one attached hydrogen (secondary N) is 1. The first kappa shape index (κ1) is 11.5. The molecule has 2 heterocycles. The van der Waals surface area contributed by atoms with Crippen molar-refractivity contribution in [3.63, 3.8) is 0 Å². The normalized spacial score (nSPS) is 26.6. The number of para-hydroxylation sites is 1. The molecule has 2 aliphatic rings. The molecule has 1 saturated heterocycles. The molecule has 1 amide bonds. The van der Waals surface area contributed by atoms with Crippen LogP contribution in [0.15, 0.2) is 24.3 Å². The minimum atomic E-state index is -0.0400. The third kappa shape index (κ3) is 1.86. The van der Waals surface area contributed by atoms with Crippen molar-refractivity contribution in [1.29, 1.82) is 0 Å². The fourth-order valence-corrected chi connectivity index (χ4v) is 2.76. The van der Waals surface area contributed by atoms with Crippen LogP contribution in [-0.4, -0.2) is 43.2 Å². The second-order valence-corrected chi connectivity index (χ2v) is 4.98. The highest BCUT2D eigenvalue weighted by Crippen LogP contribution is 2.32. The number of nitrogens with zero attached hydrogens (tertiary/aromatic N) is 1. The molecule has 0 aliphatic carbocycles. The maximum atomic E-state index is 12.6. The largest absolute Gasteiger partial charge is 0.384 e. The van der Waals surface area contributed by atoms with Crippen molar-refractivity contribution in [1.82, 2.24) is 4.90 Å². The van der Waals surface area contributed by atoms with Gasteiger partial charge in [0, 0.05) is 18.8 Å². The molecule has 1 unspecified atom stereocenters. The van der Waals surface area contributed by atoms with Crippen molar-refractivity contribution >= 4 is 11.6 Å². The van der Waals surface area contributed by atoms with Crippen molar-refractivity contribution in [2.24, 2.45) is 0 Å². The van der Waals surface area contributed by atoms with Crippen LogP contribution in [0.2, 0.25) is 0 Å². The van der Waals surface area contributed by atoms with Crippen LogP contribution in [0.25, 0.3) is 0 Å². The first-order valence-electron chi connectivity index (χ1n) is 6.48. The zero-order valence-electron chi connectivity index (χ0n) is 10.6. The molecule has 1 N–H and O–H groups in total. The summed E-state index contributed by atoms with van der Waals surface area (Å²) in [5.41, 5.74) is 2.22. The van der Waals surface area contributed by atoms with E-state index in [0.29, 0.717) is 26.3 Å². The molecule has 2 atom stereocenters. The molecule has 0 aromatic heterocycles. The van der Waals surface area contributed by atoms with E-state index >= 15 is 0 Å². The van der Waals surface area contributed by atoms with Crippen LogP contribution in [0.3, 0.4) is 0 Å². The lowest BCUT2D eigenvalue weighted by atomic mass is 9.99. The SMILES string of the molecule is C[C@@H]1COCCN1C(=O)C1CNc2ccccc21. The van der Waals surface area contributed by atoms with Gasteiger partial charge in [0.1, 0.15) is 0 Å².